The van der Waals surface area contributed by atoms with Crippen molar-refractivity contribution in [1.82, 2.24) is 0 Å². The fourth-order valence-corrected chi connectivity index (χ4v) is 0. The van der Waals surface area contributed by atoms with Crippen LogP contribution in [-0.4, -0.2) is 70.8 Å². The van der Waals surface area contributed by atoms with Crippen molar-refractivity contribution < 1.29 is 0 Å². The Morgan fingerprint density at radius 2 is 0.750 bits per heavy atom. The Bertz CT molecular complexity index is 6.00. The molecule has 0 heterocycles. The van der Waals surface area contributed by atoms with E-state index < -0.39 is 0 Å². The Kier molecular flexibility index (Phi) is 178. The van der Waals surface area contributed by atoms with Gasteiger partial charge < -0.3 is 0 Å². The molecule has 0 atom stereocenters. The molecule has 0 nitrogen and oxygen atoms in total. The second kappa shape index (κ2) is 19.6. The first kappa shape index (κ1) is 36.4. The average Bonchev–Trinajstić information content (AvgIpc) is 0. The predicted molar refractivity (Wildman–Crippen MR) is 23.0 cm³/mol. The molecule has 0 fully saturated rings. The molecular weight excluding hydrogens is 195 g/mol. The second-order valence-corrected chi connectivity index (χ2v) is 0. The Balaban J connectivity index is 0. The zero-order chi connectivity index (χ0) is 0. The second-order valence-electron chi connectivity index (χ2n) is 0. The molecule has 0 spiro atoms. The fourth-order valence-electron chi connectivity index (χ4n) is 0. The summed E-state index contributed by atoms with van der Waals surface area (Å²) in [4.78, 5) is 0. The topological polar surface area (TPSA) is 0 Å². The first-order valence-corrected chi connectivity index (χ1v) is 0. The Morgan fingerprint density at radius 3 is 0.750 bits per heavy atom. The summed E-state index contributed by atoms with van der Waals surface area (Å²) in [5, 5.41) is 0. The van der Waals surface area contributed by atoms with Crippen LogP contribution in [0.15, 0.2) is 0 Å². The molecule has 4 heavy (non-hydrogen) atoms. The minimum absolute atomic E-state index is 0. The summed E-state index contributed by atoms with van der Waals surface area (Å²) in [5.74, 6) is 0. The molecule has 0 saturated heterocycles. The summed E-state index contributed by atoms with van der Waals surface area (Å²) in [6, 6.07) is 0. The van der Waals surface area contributed by atoms with Gasteiger partial charge in [-0.05, 0) is 0 Å². The van der Waals surface area contributed by atoms with E-state index in [0.29, 0.717) is 0 Å². The van der Waals surface area contributed by atoms with Crippen molar-refractivity contribution in [1.29, 1.82) is 0 Å². The van der Waals surface area contributed by atoms with Crippen LogP contribution in [0.1, 0.15) is 0 Å². The molecule has 0 aromatic heterocycles. The summed E-state index contributed by atoms with van der Waals surface area (Å²) in [7, 11) is 0. The van der Waals surface area contributed by atoms with Crippen molar-refractivity contribution >= 4 is 70.8 Å². The molecule has 0 aromatic carbocycles. The summed E-state index contributed by atoms with van der Waals surface area (Å²) in [6.07, 6.45) is 0. The van der Waals surface area contributed by atoms with Crippen molar-refractivity contribution in [2.24, 2.45) is 0 Å². The quantitative estimate of drug-likeness (QED) is 0.412. The Hall–Kier alpha value is 2.07. The van der Waals surface area contributed by atoms with Crippen LogP contribution in [0, 0.1) is 0 Å². The van der Waals surface area contributed by atoms with Crippen molar-refractivity contribution in [3.05, 3.63) is 0 Å². The van der Waals surface area contributed by atoms with Gasteiger partial charge in [0, 0.05) is 70.8 Å². The zero-order valence-corrected chi connectivity index (χ0v) is 8.99. The largest absolute Gasteiger partial charge is 0 e. The fraction of sp³-hybridized carbons (Fsp3) is 0. The summed E-state index contributed by atoms with van der Waals surface area (Å²) < 4.78 is 0. The van der Waals surface area contributed by atoms with E-state index in [0.717, 1.165) is 0 Å². The molecule has 0 aromatic rings. The molecule has 4 heteroatoms. The molecule has 13 radical (unpaired) electrons. The normalized spacial score (nSPS) is 0. The van der Waals surface area contributed by atoms with Crippen molar-refractivity contribution in [3.8, 4) is 0 Å². The van der Waals surface area contributed by atoms with Crippen LogP contribution in [0.4, 0.5) is 0 Å². The third-order valence-electron chi connectivity index (χ3n) is 0. The molecule has 0 N–H and O–H groups in total. The summed E-state index contributed by atoms with van der Waals surface area (Å²) in [6.45, 7) is 0. The van der Waals surface area contributed by atoms with Crippen LogP contribution in [0.2, 0.25) is 0 Å². The van der Waals surface area contributed by atoms with Gasteiger partial charge >= 0.3 is 0 Å². The molecule has 0 amide bonds. The first-order valence-electron chi connectivity index (χ1n) is 0. The number of hydrogen-bond donors (Lipinski definition) is 0. The van der Waals surface area contributed by atoms with Crippen molar-refractivity contribution in [2.75, 3.05) is 0 Å². The van der Waals surface area contributed by atoms with Crippen molar-refractivity contribution in [2.45, 2.75) is 0 Å². The smallest absolute Gasteiger partial charge is 0 e. The van der Waals surface area contributed by atoms with E-state index in [1.54, 1.807) is 0 Å². The van der Waals surface area contributed by atoms with Crippen LogP contribution in [-0.2, 0) is 0 Å². The molecular formula is InMgSi2. The first-order chi connectivity index (χ1) is 0. The molecule has 13 valence electrons. The van der Waals surface area contributed by atoms with Crippen molar-refractivity contribution in [3.63, 3.8) is 0 Å². The van der Waals surface area contributed by atoms with Crippen LogP contribution in [0.25, 0.3) is 0 Å². The van der Waals surface area contributed by atoms with E-state index in [9.17, 15) is 0 Å². The Morgan fingerprint density at radius 1 is 0.750 bits per heavy atom. The van der Waals surface area contributed by atoms with Gasteiger partial charge in [-0.1, -0.05) is 0 Å². The van der Waals surface area contributed by atoms with Crippen LogP contribution >= 0.6 is 0 Å². The van der Waals surface area contributed by atoms with E-state index in [1.807, 2.05) is 0 Å². The third kappa shape index (κ3) is 8.95. The van der Waals surface area contributed by atoms with Gasteiger partial charge in [0.2, 0.25) is 0 Å². The number of rotatable bonds is 0. The molecule has 0 bridgehead atoms. The van der Waals surface area contributed by atoms with Gasteiger partial charge in [0.05, 0.1) is 0 Å². The van der Waals surface area contributed by atoms with Gasteiger partial charge in [0.1, 0.15) is 0 Å². The van der Waals surface area contributed by atoms with E-state index in [-0.39, 0.29) is 70.8 Å². The standard InChI is InChI=1S/In.Mg.2Si. The van der Waals surface area contributed by atoms with Gasteiger partial charge in [-0.2, -0.15) is 0 Å². The average molecular weight is 195 g/mol. The molecule has 0 aliphatic rings. The van der Waals surface area contributed by atoms with Crippen LogP contribution in [0.5, 0.6) is 0 Å². The maximum Gasteiger partial charge on any atom is 0 e. The van der Waals surface area contributed by atoms with E-state index in [2.05, 4.69) is 0 Å². The molecule has 0 unspecified atom stereocenters. The third-order valence-corrected chi connectivity index (χ3v) is 0. The summed E-state index contributed by atoms with van der Waals surface area (Å²) in [5.41, 5.74) is 0. The maximum absolute atomic E-state index is 0. The SMILES string of the molecule is [In].[Mg].[Si].[Si]. The van der Waals surface area contributed by atoms with Gasteiger partial charge in [-0.3, -0.25) is 0 Å². The zero-order valence-electron chi connectivity index (χ0n) is 2.28. The van der Waals surface area contributed by atoms with E-state index in [1.165, 1.54) is 0 Å². The summed E-state index contributed by atoms with van der Waals surface area (Å²) >= 11 is 0. The van der Waals surface area contributed by atoms with Gasteiger partial charge in [-0.25, -0.2) is 0 Å². The maximum atomic E-state index is 0. The van der Waals surface area contributed by atoms with Gasteiger partial charge in [0.15, 0.2) is 0 Å². The molecule has 0 rings (SSSR count). The minimum Gasteiger partial charge on any atom is 0 e. The van der Waals surface area contributed by atoms with E-state index >= 15 is 0 Å². The van der Waals surface area contributed by atoms with Gasteiger partial charge in [0.25, 0.3) is 0 Å². The number of hydrogen-bond acceptors (Lipinski definition) is 0. The Labute approximate surface area is 70.1 Å². The molecule has 0 aliphatic carbocycles. The molecule has 0 aliphatic heterocycles. The van der Waals surface area contributed by atoms with E-state index in [4.69, 9.17) is 0 Å². The minimum atomic E-state index is 0. The monoisotopic (exact) mass is 195 g/mol. The molecule has 0 saturated carbocycles. The van der Waals surface area contributed by atoms with Gasteiger partial charge in [-0.15, -0.1) is 0 Å². The predicted octanol–water partition coefficient (Wildman–Crippen LogP) is -1.52. The van der Waals surface area contributed by atoms with Crippen LogP contribution in [0.3, 0.4) is 0 Å². The van der Waals surface area contributed by atoms with Crippen LogP contribution < -0.4 is 0 Å².